The van der Waals surface area contributed by atoms with Crippen molar-refractivity contribution in [2.45, 2.75) is 26.9 Å². The first-order valence-corrected chi connectivity index (χ1v) is 8.38. The first kappa shape index (κ1) is 17.2. The molecule has 0 aliphatic carbocycles. The summed E-state index contributed by atoms with van der Waals surface area (Å²) in [5.74, 6) is 0.749. The largest absolute Gasteiger partial charge is 0.383 e. The third-order valence-electron chi connectivity index (χ3n) is 4.29. The zero-order valence-electron chi connectivity index (χ0n) is 14.9. The minimum Gasteiger partial charge on any atom is -0.383 e. The Balaban J connectivity index is 1.81. The molecule has 0 saturated heterocycles. The molecule has 1 N–H and O–H groups in total. The molecule has 0 aliphatic heterocycles. The molecule has 1 heterocycles. The number of fused-ring (bicyclic) bond motifs is 1. The molecule has 0 spiro atoms. The number of hydrogen-bond acceptors (Lipinski definition) is 3. The number of para-hydroxylation sites is 2. The molecule has 25 heavy (non-hydrogen) atoms. The number of nitrogens with zero attached hydrogens (tertiary/aromatic N) is 2. The summed E-state index contributed by atoms with van der Waals surface area (Å²) in [6.45, 7) is 5.65. The lowest BCUT2D eigenvalue weighted by molar-refractivity contribution is 0.0948. The van der Waals surface area contributed by atoms with Crippen LogP contribution in [0.25, 0.3) is 11.0 Å². The summed E-state index contributed by atoms with van der Waals surface area (Å²) in [6.07, 6.45) is 0. The quantitative estimate of drug-likeness (QED) is 0.751. The molecule has 1 amide bonds. The Morgan fingerprint density at radius 2 is 2.00 bits per heavy atom. The minimum absolute atomic E-state index is 0.0807. The topological polar surface area (TPSA) is 56.1 Å². The molecular formula is C20H23N3O2. The van der Waals surface area contributed by atoms with Crippen LogP contribution in [0.4, 0.5) is 0 Å². The molecule has 2 aromatic carbocycles. The Bertz CT molecular complexity index is 899. The number of benzene rings is 2. The van der Waals surface area contributed by atoms with Crippen molar-refractivity contribution in [3.63, 3.8) is 0 Å². The standard InChI is InChI=1S/C20H23N3O2/c1-14-8-9-16(15(2)12-14)20(24)21-13-19-22-17-6-4-5-7-18(17)23(19)10-11-25-3/h4-9,12H,10-11,13H2,1-3H3,(H,21,24). The highest BCUT2D eigenvalue weighted by Gasteiger charge is 2.13. The number of hydrogen-bond donors (Lipinski definition) is 1. The smallest absolute Gasteiger partial charge is 0.251 e. The number of carbonyl (C=O) groups excluding carboxylic acids is 1. The van der Waals surface area contributed by atoms with E-state index in [0.717, 1.165) is 28.0 Å². The molecule has 0 fully saturated rings. The normalized spacial score (nSPS) is 11.0. The number of imidazole rings is 1. The van der Waals surface area contributed by atoms with E-state index >= 15 is 0 Å². The van der Waals surface area contributed by atoms with Crippen molar-refractivity contribution in [3.05, 3.63) is 65.0 Å². The molecule has 0 unspecified atom stereocenters. The van der Waals surface area contributed by atoms with Gasteiger partial charge in [0.15, 0.2) is 0 Å². The van der Waals surface area contributed by atoms with Gasteiger partial charge in [-0.3, -0.25) is 4.79 Å². The van der Waals surface area contributed by atoms with Crippen molar-refractivity contribution in [1.82, 2.24) is 14.9 Å². The van der Waals surface area contributed by atoms with Crippen LogP contribution < -0.4 is 5.32 Å². The van der Waals surface area contributed by atoms with Gasteiger partial charge in [-0.15, -0.1) is 0 Å². The van der Waals surface area contributed by atoms with E-state index in [2.05, 4.69) is 14.9 Å². The van der Waals surface area contributed by atoms with E-state index in [1.54, 1.807) is 7.11 Å². The van der Waals surface area contributed by atoms with Crippen LogP contribution in [-0.4, -0.2) is 29.2 Å². The van der Waals surface area contributed by atoms with Gasteiger partial charge in [0.2, 0.25) is 0 Å². The summed E-state index contributed by atoms with van der Waals surface area (Å²) < 4.78 is 7.30. The summed E-state index contributed by atoms with van der Waals surface area (Å²) >= 11 is 0. The number of rotatable bonds is 6. The molecule has 0 radical (unpaired) electrons. The highest BCUT2D eigenvalue weighted by molar-refractivity contribution is 5.95. The first-order chi connectivity index (χ1) is 12.1. The monoisotopic (exact) mass is 337 g/mol. The van der Waals surface area contributed by atoms with Gasteiger partial charge in [-0.1, -0.05) is 29.8 Å². The van der Waals surface area contributed by atoms with Crippen molar-refractivity contribution in [3.8, 4) is 0 Å². The van der Waals surface area contributed by atoms with E-state index < -0.39 is 0 Å². The number of amides is 1. The van der Waals surface area contributed by atoms with Crippen LogP contribution in [-0.2, 0) is 17.8 Å². The molecule has 130 valence electrons. The van der Waals surface area contributed by atoms with Gasteiger partial charge in [0, 0.05) is 19.2 Å². The maximum Gasteiger partial charge on any atom is 0.251 e. The summed E-state index contributed by atoms with van der Waals surface area (Å²) in [7, 11) is 1.68. The van der Waals surface area contributed by atoms with Gasteiger partial charge in [0.25, 0.3) is 5.91 Å². The van der Waals surface area contributed by atoms with Gasteiger partial charge in [-0.2, -0.15) is 0 Å². The molecular weight excluding hydrogens is 314 g/mol. The van der Waals surface area contributed by atoms with E-state index in [1.165, 1.54) is 0 Å². The summed E-state index contributed by atoms with van der Waals surface area (Å²) in [5, 5.41) is 2.99. The SMILES string of the molecule is COCCn1c(CNC(=O)c2ccc(C)cc2C)nc2ccccc21. The Morgan fingerprint density at radius 3 is 2.76 bits per heavy atom. The van der Waals surface area contributed by atoms with Crippen LogP contribution in [0.5, 0.6) is 0 Å². The van der Waals surface area contributed by atoms with Crippen LogP contribution in [0.15, 0.2) is 42.5 Å². The van der Waals surface area contributed by atoms with Crippen molar-refractivity contribution in [2.24, 2.45) is 0 Å². The minimum atomic E-state index is -0.0807. The average Bonchev–Trinajstić information content (AvgIpc) is 2.95. The predicted molar refractivity (Wildman–Crippen MR) is 98.7 cm³/mol. The van der Waals surface area contributed by atoms with E-state index in [1.807, 2.05) is 56.3 Å². The summed E-state index contributed by atoms with van der Waals surface area (Å²) in [4.78, 5) is 17.2. The third kappa shape index (κ3) is 3.72. The van der Waals surface area contributed by atoms with Gasteiger partial charge in [0.1, 0.15) is 5.82 Å². The zero-order chi connectivity index (χ0) is 17.8. The van der Waals surface area contributed by atoms with E-state index in [-0.39, 0.29) is 5.91 Å². The fourth-order valence-electron chi connectivity index (χ4n) is 3.02. The van der Waals surface area contributed by atoms with Crippen LogP contribution in [0.1, 0.15) is 27.3 Å². The lowest BCUT2D eigenvalue weighted by Crippen LogP contribution is -2.25. The maximum absolute atomic E-state index is 12.5. The second-order valence-electron chi connectivity index (χ2n) is 6.16. The molecule has 0 atom stereocenters. The molecule has 3 rings (SSSR count). The van der Waals surface area contributed by atoms with Crippen LogP contribution >= 0.6 is 0 Å². The zero-order valence-corrected chi connectivity index (χ0v) is 14.9. The Labute approximate surface area is 147 Å². The highest BCUT2D eigenvalue weighted by atomic mass is 16.5. The van der Waals surface area contributed by atoms with Crippen LogP contribution in [0.2, 0.25) is 0 Å². The van der Waals surface area contributed by atoms with Gasteiger partial charge in [0.05, 0.1) is 24.2 Å². The number of carbonyl (C=O) groups is 1. The number of methoxy groups -OCH3 is 1. The van der Waals surface area contributed by atoms with Crippen molar-refractivity contribution >= 4 is 16.9 Å². The van der Waals surface area contributed by atoms with Crippen molar-refractivity contribution < 1.29 is 9.53 Å². The fraction of sp³-hybridized carbons (Fsp3) is 0.300. The molecule has 3 aromatic rings. The maximum atomic E-state index is 12.5. The highest BCUT2D eigenvalue weighted by Crippen LogP contribution is 2.16. The van der Waals surface area contributed by atoms with Gasteiger partial charge in [-0.25, -0.2) is 4.98 Å². The molecule has 0 saturated carbocycles. The average molecular weight is 337 g/mol. The Morgan fingerprint density at radius 1 is 1.20 bits per heavy atom. The van der Waals surface area contributed by atoms with E-state index in [0.29, 0.717) is 25.3 Å². The number of nitrogens with one attached hydrogen (secondary N) is 1. The molecule has 0 aliphatic rings. The molecule has 1 aromatic heterocycles. The molecule has 5 heteroatoms. The lowest BCUT2D eigenvalue weighted by atomic mass is 10.1. The van der Waals surface area contributed by atoms with E-state index in [4.69, 9.17) is 4.74 Å². The Kier molecular flexibility index (Phi) is 5.14. The van der Waals surface area contributed by atoms with Crippen LogP contribution in [0, 0.1) is 13.8 Å². The lowest BCUT2D eigenvalue weighted by Gasteiger charge is -2.11. The first-order valence-electron chi connectivity index (χ1n) is 8.38. The molecule has 5 nitrogen and oxygen atoms in total. The summed E-state index contributed by atoms with van der Waals surface area (Å²) in [6, 6.07) is 13.8. The third-order valence-corrected chi connectivity index (χ3v) is 4.29. The predicted octanol–water partition coefficient (Wildman–Crippen LogP) is 3.23. The van der Waals surface area contributed by atoms with Crippen molar-refractivity contribution in [1.29, 1.82) is 0 Å². The van der Waals surface area contributed by atoms with Gasteiger partial charge >= 0.3 is 0 Å². The summed E-state index contributed by atoms with van der Waals surface area (Å²) in [5.41, 5.74) is 4.80. The van der Waals surface area contributed by atoms with Crippen LogP contribution in [0.3, 0.4) is 0 Å². The Hall–Kier alpha value is -2.66. The number of aromatic nitrogens is 2. The fourth-order valence-corrected chi connectivity index (χ4v) is 3.02. The molecule has 0 bridgehead atoms. The number of ether oxygens (including phenoxy) is 1. The second kappa shape index (κ2) is 7.49. The number of aryl methyl sites for hydroxylation is 2. The van der Waals surface area contributed by atoms with Crippen molar-refractivity contribution in [2.75, 3.05) is 13.7 Å². The van der Waals surface area contributed by atoms with Gasteiger partial charge < -0.3 is 14.6 Å². The second-order valence-corrected chi connectivity index (χ2v) is 6.16. The van der Waals surface area contributed by atoms with E-state index in [9.17, 15) is 4.79 Å². The van der Waals surface area contributed by atoms with Gasteiger partial charge in [-0.05, 0) is 37.6 Å².